The maximum absolute atomic E-state index is 11.6. The van der Waals surface area contributed by atoms with Crippen LogP contribution in [0.3, 0.4) is 0 Å². The second-order valence-electron chi connectivity index (χ2n) is 5.55. The number of rotatable bonds is 2. The van der Waals surface area contributed by atoms with Crippen molar-refractivity contribution in [1.29, 1.82) is 0 Å². The van der Waals surface area contributed by atoms with Gasteiger partial charge in [0, 0.05) is 11.6 Å². The van der Waals surface area contributed by atoms with Gasteiger partial charge in [0.1, 0.15) is 11.4 Å². The number of carbonyl (C=O) groups is 2. The lowest BCUT2D eigenvalue weighted by molar-refractivity contribution is 0.226. The van der Waals surface area contributed by atoms with Crippen molar-refractivity contribution < 1.29 is 9.59 Å². The number of carbonyl (C=O) groups excluding carboxylic acids is 2. The molecule has 0 fully saturated rings. The molecule has 6 nitrogen and oxygen atoms in total. The van der Waals surface area contributed by atoms with Crippen LogP contribution in [0.4, 0.5) is 21.0 Å². The van der Waals surface area contributed by atoms with E-state index in [1.165, 1.54) is 0 Å². The molecule has 0 spiro atoms. The molecule has 0 radical (unpaired) electrons. The molecule has 1 rings (SSSR count). The standard InChI is InChI=1S/C13H20N4O2/c1-9-6-7-10(16(2,3)12(14)18)8-11(9)17(4,5)13(15)19/h6-8H,1-5H3,(H2-2,14,15,18,19)/p+2. The zero-order valence-corrected chi connectivity index (χ0v) is 12.1. The molecule has 4 N–H and O–H groups in total. The summed E-state index contributed by atoms with van der Waals surface area (Å²) < 4.78 is -0.176. The van der Waals surface area contributed by atoms with Crippen LogP contribution in [0.15, 0.2) is 18.2 Å². The third-order valence-corrected chi connectivity index (χ3v) is 3.54. The van der Waals surface area contributed by atoms with Gasteiger partial charge < -0.3 is 11.5 Å². The summed E-state index contributed by atoms with van der Waals surface area (Å²) in [6, 6.07) is 4.54. The van der Waals surface area contributed by atoms with Crippen molar-refractivity contribution in [3.05, 3.63) is 23.8 Å². The number of quaternary nitrogens is 2. The summed E-state index contributed by atoms with van der Waals surface area (Å²) in [7, 11) is 6.81. The Morgan fingerprint density at radius 2 is 1.42 bits per heavy atom. The maximum Gasteiger partial charge on any atom is 0.418 e. The van der Waals surface area contributed by atoms with Crippen LogP contribution >= 0.6 is 0 Å². The fourth-order valence-electron chi connectivity index (χ4n) is 1.79. The van der Waals surface area contributed by atoms with Crippen molar-refractivity contribution in [2.75, 3.05) is 28.2 Å². The van der Waals surface area contributed by atoms with Gasteiger partial charge in [-0.05, 0) is 13.0 Å². The van der Waals surface area contributed by atoms with E-state index in [0.717, 1.165) is 11.3 Å². The molecule has 1 aromatic rings. The number of hydrogen-bond acceptors (Lipinski definition) is 2. The Labute approximate surface area is 113 Å². The third-order valence-electron chi connectivity index (χ3n) is 3.54. The molecule has 0 aromatic heterocycles. The Hall–Kier alpha value is -1.92. The van der Waals surface area contributed by atoms with Crippen LogP contribution in [0, 0.1) is 6.92 Å². The number of hydrogen-bond donors (Lipinski definition) is 2. The van der Waals surface area contributed by atoms with Crippen LogP contribution in [-0.4, -0.2) is 40.3 Å². The molecule has 0 bridgehead atoms. The van der Waals surface area contributed by atoms with Crippen molar-refractivity contribution in [2.45, 2.75) is 6.92 Å². The van der Waals surface area contributed by atoms with E-state index >= 15 is 0 Å². The Morgan fingerprint density at radius 3 is 1.84 bits per heavy atom. The molecule has 19 heavy (non-hydrogen) atoms. The molecule has 0 unspecified atom stereocenters. The average molecular weight is 266 g/mol. The molecular weight excluding hydrogens is 244 g/mol. The molecule has 0 aliphatic rings. The molecule has 1 aromatic carbocycles. The van der Waals surface area contributed by atoms with Crippen molar-refractivity contribution in [3.8, 4) is 0 Å². The van der Waals surface area contributed by atoms with Gasteiger partial charge in [-0.25, -0.2) is 18.6 Å². The molecule has 0 atom stereocenters. The van der Waals surface area contributed by atoms with Gasteiger partial charge in [0.05, 0.1) is 34.3 Å². The summed E-state index contributed by atoms with van der Waals surface area (Å²) in [5.74, 6) is 0. The minimum Gasteiger partial charge on any atom is -0.319 e. The average Bonchev–Trinajstić information content (AvgIpc) is 2.28. The van der Waals surface area contributed by atoms with Crippen LogP contribution in [-0.2, 0) is 0 Å². The zero-order valence-electron chi connectivity index (χ0n) is 12.1. The summed E-state index contributed by atoms with van der Waals surface area (Å²) in [4.78, 5) is 23.1. The molecule has 0 aliphatic heterocycles. The fraction of sp³-hybridized carbons (Fsp3) is 0.385. The second kappa shape index (κ2) is 4.64. The summed E-state index contributed by atoms with van der Waals surface area (Å²) in [6.07, 6.45) is 0. The number of aryl methyl sites for hydroxylation is 1. The minimum absolute atomic E-state index is 0.0849. The number of urea groups is 2. The van der Waals surface area contributed by atoms with Crippen LogP contribution in [0.1, 0.15) is 5.56 Å². The Balaban J connectivity index is 3.46. The van der Waals surface area contributed by atoms with E-state index < -0.39 is 12.1 Å². The van der Waals surface area contributed by atoms with E-state index in [9.17, 15) is 9.59 Å². The fourth-order valence-corrected chi connectivity index (χ4v) is 1.79. The van der Waals surface area contributed by atoms with Crippen LogP contribution < -0.4 is 20.4 Å². The minimum atomic E-state index is -0.473. The predicted molar refractivity (Wildman–Crippen MR) is 77.6 cm³/mol. The van der Waals surface area contributed by atoms with E-state index in [0.29, 0.717) is 5.69 Å². The van der Waals surface area contributed by atoms with Gasteiger partial charge in [-0.3, -0.25) is 0 Å². The van der Waals surface area contributed by atoms with E-state index in [-0.39, 0.29) is 8.97 Å². The van der Waals surface area contributed by atoms with E-state index in [1.54, 1.807) is 34.3 Å². The van der Waals surface area contributed by atoms with Crippen molar-refractivity contribution in [1.82, 2.24) is 8.97 Å². The first-order valence-corrected chi connectivity index (χ1v) is 5.91. The van der Waals surface area contributed by atoms with Gasteiger partial charge in [0.15, 0.2) is 0 Å². The topological polar surface area (TPSA) is 86.2 Å². The Kier molecular flexibility index (Phi) is 3.70. The van der Waals surface area contributed by atoms with E-state index in [4.69, 9.17) is 11.5 Å². The summed E-state index contributed by atoms with van der Waals surface area (Å²) in [6.45, 7) is 1.90. The molecule has 4 amide bonds. The van der Waals surface area contributed by atoms with Crippen LogP contribution in [0.2, 0.25) is 0 Å². The highest BCUT2D eigenvalue weighted by Gasteiger charge is 2.33. The van der Waals surface area contributed by atoms with Gasteiger partial charge >= 0.3 is 12.1 Å². The summed E-state index contributed by atoms with van der Waals surface area (Å²) in [5, 5.41) is 0. The lowest BCUT2D eigenvalue weighted by atomic mass is 10.1. The zero-order chi connectivity index (χ0) is 15.0. The number of nitrogens with zero attached hydrogens (tertiary/aromatic N) is 2. The normalized spacial score (nSPS) is 12.3. The van der Waals surface area contributed by atoms with Gasteiger partial charge in [0.25, 0.3) is 0 Å². The highest BCUT2D eigenvalue weighted by molar-refractivity contribution is 5.89. The second-order valence-corrected chi connectivity index (χ2v) is 5.55. The van der Waals surface area contributed by atoms with Crippen molar-refractivity contribution >= 4 is 23.4 Å². The van der Waals surface area contributed by atoms with Gasteiger partial charge in [-0.2, -0.15) is 0 Å². The molecule has 0 saturated carbocycles. The highest BCUT2D eigenvalue weighted by Crippen LogP contribution is 2.30. The quantitative estimate of drug-likeness (QED) is 0.790. The monoisotopic (exact) mass is 266 g/mol. The van der Waals surface area contributed by atoms with Gasteiger partial charge in [-0.1, -0.05) is 0 Å². The highest BCUT2D eigenvalue weighted by atomic mass is 16.2. The third kappa shape index (κ3) is 2.59. The molecule has 0 aliphatic carbocycles. The first kappa shape index (κ1) is 15.1. The van der Waals surface area contributed by atoms with Crippen molar-refractivity contribution in [3.63, 3.8) is 0 Å². The first-order valence-electron chi connectivity index (χ1n) is 5.91. The SMILES string of the molecule is Cc1ccc([N+](C)(C)C(N)=O)cc1[N+](C)(C)C(N)=O. The molecule has 0 heterocycles. The van der Waals surface area contributed by atoms with Gasteiger partial charge in [0.2, 0.25) is 0 Å². The number of benzene rings is 1. The lowest BCUT2D eigenvalue weighted by Crippen LogP contribution is -2.52. The number of nitrogens with two attached hydrogens (primary N) is 2. The Bertz CT molecular complexity index is 535. The van der Waals surface area contributed by atoms with Crippen molar-refractivity contribution in [2.24, 2.45) is 11.5 Å². The number of primary amides is 2. The largest absolute Gasteiger partial charge is 0.418 e. The van der Waals surface area contributed by atoms with Crippen LogP contribution in [0.25, 0.3) is 0 Å². The Morgan fingerprint density at radius 1 is 0.947 bits per heavy atom. The van der Waals surface area contributed by atoms with E-state index in [2.05, 4.69) is 0 Å². The van der Waals surface area contributed by atoms with Gasteiger partial charge in [-0.15, -0.1) is 0 Å². The molecule has 0 saturated heterocycles. The molecular formula is C13H22N4O2+2. The molecule has 6 heteroatoms. The first-order chi connectivity index (χ1) is 8.51. The summed E-state index contributed by atoms with van der Waals surface area (Å²) in [5.41, 5.74) is 13.2. The number of amides is 4. The predicted octanol–water partition coefficient (Wildman–Crippen LogP) is 1.29. The smallest absolute Gasteiger partial charge is 0.319 e. The van der Waals surface area contributed by atoms with E-state index in [1.807, 2.05) is 19.1 Å². The maximum atomic E-state index is 11.6. The summed E-state index contributed by atoms with van der Waals surface area (Å²) >= 11 is 0. The molecule has 104 valence electrons. The lowest BCUT2D eigenvalue weighted by Gasteiger charge is -2.28. The van der Waals surface area contributed by atoms with Crippen LogP contribution in [0.5, 0.6) is 0 Å².